The maximum atomic E-state index is 13.6. The van der Waals surface area contributed by atoms with Crippen LogP contribution >= 0.6 is 34.8 Å². The van der Waals surface area contributed by atoms with Crippen molar-refractivity contribution in [2.75, 3.05) is 0 Å². The molecular formula is C12H6Cl3F. The van der Waals surface area contributed by atoms with Gasteiger partial charge in [-0.15, -0.1) is 0 Å². The Morgan fingerprint density at radius 3 is 1.94 bits per heavy atom. The molecule has 16 heavy (non-hydrogen) atoms. The lowest BCUT2D eigenvalue weighted by Gasteiger charge is -2.05. The molecule has 0 aliphatic rings. The molecule has 82 valence electrons. The highest BCUT2D eigenvalue weighted by atomic mass is 35.5. The monoisotopic (exact) mass is 274 g/mol. The molecule has 2 rings (SSSR count). The smallest absolute Gasteiger partial charge is 0.132 e. The van der Waals surface area contributed by atoms with Gasteiger partial charge in [0, 0.05) is 20.6 Å². The highest BCUT2D eigenvalue weighted by Gasteiger charge is 2.07. The molecule has 0 aliphatic heterocycles. The summed E-state index contributed by atoms with van der Waals surface area (Å²) in [5.41, 5.74) is 1.06. The van der Waals surface area contributed by atoms with Crippen molar-refractivity contribution >= 4 is 34.8 Å². The molecule has 0 heterocycles. The van der Waals surface area contributed by atoms with Crippen LogP contribution in [0.15, 0.2) is 36.4 Å². The minimum Gasteiger partial charge on any atom is -0.206 e. The van der Waals surface area contributed by atoms with Gasteiger partial charge in [-0.2, -0.15) is 0 Å². The third-order valence-corrected chi connectivity index (χ3v) is 2.78. The summed E-state index contributed by atoms with van der Waals surface area (Å²) in [5.74, 6) is -0.397. The predicted octanol–water partition coefficient (Wildman–Crippen LogP) is 5.45. The fourth-order valence-electron chi connectivity index (χ4n) is 1.43. The van der Waals surface area contributed by atoms with E-state index in [0.717, 1.165) is 0 Å². The molecular weight excluding hydrogens is 269 g/mol. The van der Waals surface area contributed by atoms with Gasteiger partial charge in [0.15, 0.2) is 0 Å². The Bertz CT molecular complexity index is 518. The first-order chi connectivity index (χ1) is 7.56. The highest BCUT2D eigenvalue weighted by molar-refractivity contribution is 6.35. The summed E-state index contributed by atoms with van der Waals surface area (Å²) in [4.78, 5) is 0. The van der Waals surface area contributed by atoms with Crippen LogP contribution in [0.25, 0.3) is 11.1 Å². The average molecular weight is 276 g/mol. The Balaban J connectivity index is 2.58. The van der Waals surface area contributed by atoms with Gasteiger partial charge in [0.2, 0.25) is 0 Å². The second-order valence-electron chi connectivity index (χ2n) is 3.28. The van der Waals surface area contributed by atoms with E-state index in [0.29, 0.717) is 26.2 Å². The first kappa shape index (κ1) is 11.7. The minimum absolute atomic E-state index is 0.356. The molecule has 0 spiro atoms. The SMILES string of the molecule is Fc1cc(Cl)ccc1-c1cc(Cl)cc(Cl)c1. The highest BCUT2D eigenvalue weighted by Crippen LogP contribution is 2.30. The predicted molar refractivity (Wildman–Crippen MR) is 66.9 cm³/mol. The number of hydrogen-bond acceptors (Lipinski definition) is 0. The van der Waals surface area contributed by atoms with Crippen molar-refractivity contribution in [2.24, 2.45) is 0 Å². The summed E-state index contributed by atoms with van der Waals surface area (Å²) in [6.07, 6.45) is 0. The van der Waals surface area contributed by atoms with Gasteiger partial charge in [-0.3, -0.25) is 0 Å². The first-order valence-electron chi connectivity index (χ1n) is 4.48. The van der Waals surface area contributed by atoms with Gasteiger partial charge in [0.1, 0.15) is 5.82 Å². The Hall–Kier alpha value is -0.760. The number of benzene rings is 2. The molecule has 0 fully saturated rings. The second kappa shape index (κ2) is 4.62. The Morgan fingerprint density at radius 1 is 0.750 bits per heavy atom. The molecule has 4 heteroatoms. The molecule has 2 aromatic carbocycles. The van der Waals surface area contributed by atoms with Crippen molar-refractivity contribution in [3.05, 3.63) is 57.3 Å². The topological polar surface area (TPSA) is 0 Å². The molecule has 0 radical (unpaired) electrons. The molecule has 0 bridgehead atoms. The van der Waals surface area contributed by atoms with Gasteiger partial charge < -0.3 is 0 Å². The van der Waals surface area contributed by atoms with Crippen molar-refractivity contribution < 1.29 is 4.39 Å². The van der Waals surface area contributed by atoms with Crippen molar-refractivity contribution in [1.29, 1.82) is 0 Å². The zero-order valence-electron chi connectivity index (χ0n) is 7.98. The number of halogens is 4. The van der Waals surface area contributed by atoms with Crippen LogP contribution in [0.5, 0.6) is 0 Å². The number of hydrogen-bond donors (Lipinski definition) is 0. The molecule has 0 atom stereocenters. The molecule has 2 aromatic rings. The van der Waals surface area contributed by atoms with Crippen LogP contribution in [0.3, 0.4) is 0 Å². The van der Waals surface area contributed by atoms with E-state index in [9.17, 15) is 4.39 Å². The van der Waals surface area contributed by atoms with E-state index in [2.05, 4.69) is 0 Å². The van der Waals surface area contributed by atoms with Gasteiger partial charge in [-0.05, 0) is 42.0 Å². The molecule has 0 unspecified atom stereocenters. The summed E-state index contributed by atoms with van der Waals surface area (Å²) in [5, 5.41) is 1.29. The van der Waals surface area contributed by atoms with Crippen LogP contribution in [0, 0.1) is 5.82 Å². The van der Waals surface area contributed by atoms with Gasteiger partial charge in [0.25, 0.3) is 0 Å². The maximum absolute atomic E-state index is 13.6. The van der Waals surface area contributed by atoms with Crippen LogP contribution in [0.1, 0.15) is 0 Å². The first-order valence-corrected chi connectivity index (χ1v) is 5.61. The molecule has 0 amide bonds. The van der Waals surface area contributed by atoms with Crippen LogP contribution in [0.2, 0.25) is 15.1 Å². The van der Waals surface area contributed by atoms with E-state index in [1.807, 2.05) is 0 Å². The quantitative estimate of drug-likeness (QED) is 0.649. The summed E-state index contributed by atoms with van der Waals surface area (Å²) >= 11 is 17.4. The van der Waals surface area contributed by atoms with Crippen LogP contribution < -0.4 is 0 Å². The van der Waals surface area contributed by atoms with Gasteiger partial charge >= 0.3 is 0 Å². The van der Waals surface area contributed by atoms with E-state index in [-0.39, 0.29) is 0 Å². The van der Waals surface area contributed by atoms with Crippen LogP contribution in [-0.4, -0.2) is 0 Å². The summed E-state index contributed by atoms with van der Waals surface area (Å²) in [6.45, 7) is 0. The van der Waals surface area contributed by atoms with E-state index in [1.165, 1.54) is 6.07 Å². The standard InChI is InChI=1S/C12H6Cl3F/c13-8-1-2-11(12(16)6-8)7-3-9(14)5-10(15)4-7/h1-6H. The summed E-state index contributed by atoms with van der Waals surface area (Å²) in [6, 6.07) is 9.38. The van der Waals surface area contributed by atoms with E-state index < -0.39 is 5.82 Å². The van der Waals surface area contributed by atoms with Crippen molar-refractivity contribution in [2.45, 2.75) is 0 Å². The lowest BCUT2D eigenvalue weighted by Crippen LogP contribution is -1.84. The van der Waals surface area contributed by atoms with E-state index >= 15 is 0 Å². The third-order valence-electron chi connectivity index (χ3n) is 2.10. The van der Waals surface area contributed by atoms with Crippen LogP contribution in [0.4, 0.5) is 4.39 Å². The summed E-state index contributed by atoms with van der Waals surface area (Å²) < 4.78 is 13.6. The number of rotatable bonds is 1. The Morgan fingerprint density at radius 2 is 1.38 bits per heavy atom. The zero-order valence-corrected chi connectivity index (χ0v) is 10.2. The summed E-state index contributed by atoms with van der Waals surface area (Å²) in [7, 11) is 0. The van der Waals surface area contributed by atoms with Crippen molar-refractivity contribution in [3.63, 3.8) is 0 Å². The molecule has 0 aliphatic carbocycles. The lowest BCUT2D eigenvalue weighted by atomic mass is 10.1. The average Bonchev–Trinajstić information content (AvgIpc) is 2.15. The molecule has 0 N–H and O–H groups in total. The van der Waals surface area contributed by atoms with E-state index in [1.54, 1.807) is 30.3 Å². The second-order valence-corrected chi connectivity index (χ2v) is 4.59. The minimum atomic E-state index is -0.397. The molecule has 0 nitrogen and oxygen atoms in total. The van der Waals surface area contributed by atoms with E-state index in [4.69, 9.17) is 34.8 Å². The lowest BCUT2D eigenvalue weighted by molar-refractivity contribution is 0.631. The Labute approximate surface area is 108 Å². The van der Waals surface area contributed by atoms with Gasteiger partial charge in [-0.25, -0.2) is 4.39 Å². The fraction of sp³-hybridized carbons (Fsp3) is 0. The Kier molecular flexibility index (Phi) is 3.38. The van der Waals surface area contributed by atoms with Gasteiger partial charge in [-0.1, -0.05) is 34.8 Å². The normalized spacial score (nSPS) is 10.5. The zero-order chi connectivity index (χ0) is 11.7. The fourth-order valence-corrected chi connectivity index (χ4v) is 2.12. The molecule has 0 saturated heterocycles. The maximum Gasteiger partial charge on any atom is 0.132 e. The van der Waals surface area contributed by atoms with Crippen molar-refractivity contribution in [1.82, 2.24) is 0 Å². The molecule has 0 saturated carbocycles. The molecule has 0 aromatic heterocycles. The van der Waals surface area contributed by atoms with Crippen molar-refractivity contribution in [3.8, 4) is 11.1 Å². The largest absolute Gasteiger partial charge is 0.206 e. The van der Waals surface area contributed by atoms with Gasteiger partial charge in [0.05, 0.1) is 0 Å². The third kappa shape index (κ3) is 2.49. The van der Waals surface area contributed by atoms with Crippen LogP contribution in [-0.2, 0) is 0 Å².